The third-order valence-electron chi connectivity index (χ3n) is 3.47. The molecule has 0 radical (unpaired) electrons. The molecule has 0 aromatic heterocycles. The van der Waals surface area contributed by atoms with Crippen LogP contribution < -0.4 is 20.1 Å². The molecule has 2 rings (SSSR count). The standard InChI is InChI=1S/C19H25N3O2/c1-20-19(22-13-14-24-17-8-4-3-5-9-17)21-12-11-16-7-6-10-18(15-16)23-2/h3-10,15H,11-14H2,1-2H3,(H2,20,21,22). The molecular weight excluding hydrogens is 302 g/mol. The zero-order valence-electron chi connectivity index (χ0n) is 14.3. The Bertz CT molecular complexity index is 630. The molecule has 128 valence electrons. The lowest BCUT2D eigenvalue weighted by molar-refractivity contribution is 0.322. The summed E-state index contributed by atoms with van der Waals surface area (Å²) < 4.78 is 10.9. The van der Waals surface area contributed by atoms with Gasteiger partial charge in [-0.25, -0.2) is 0 Å². The Labute approximate surface area is 143 Å². The number of benzene rings is 2. The van der Waals surface area contributed by atoms with Gasteiger partial charge in [0, 0.05) is 13.6 Å². The molecule has 0 atom stereocenters. The highest BCUT2D eigenvalue weighted by atomic mass is 16.5. The number of nitrogens with zero attached hydrogens (tertiary/aromatic N) is 1. The van der Waals surface area contributed by atoms with Crippen molar-refractivity contribution in [3.8, 4) is 11.5 Å². The summed E-state index contributed by atoms with van der Waals surface area (Å²) in [4.78, 5) is 4.21. The fourth-order valence-corrected chi connectivity index (χ4v) is 2.23. The molecule has 2 aromatic carbocycles. The SMILES string of the molecule is CN=C(NCCOc1ccccc1)NCCc1cccc(OC)c1. The third-order valence-corrected chi connectivity index (χ3v) is 3.47. The highest BCUT2D eigenvalue weighted by Gasteiger charge is 1.99. The first-order valence-electron chi connectivity index (χ1n) is 8.07. The lowest BCUT2D eigenvalue weighted by Gasteiger charge is -2.12. The normalized spacial score (nSPS) is 11.0. The van der Waals surface area contributed by atoms with Crippen molar-refractivity contribution in [3.63, 3.8) is 0 Å². The van der Waals surface area contributed by atoms with Gasteiger partial charge in [0.1, 0.15) is 18.1 Å². The average Bonchev–Trinajstić information content (AvgIpc) is 2.64. The van der Waals surface area contributed by atoms with Gasteiger partial charge in [-0.1, -0.05) is 30.3 Å². The van der Waals surface area contributed by atoms with Crippen molar-refractivity contribution >= 4 is 5.96 Å². The lowest BCUT2D eigenvalue weighted by atomic mass is 10.1. The molecule has 0 amide bonds. The predicted octanol–water partition coefficient (Wildman–Crippen LogP) is 2.48. The summed E-state index contributed by atoms with van der Waals surface area (Å²) in [6.45, 7) is 2.07. The summed E-state index contributed by atoms with van der Waals surface area (Å²) in [5.41, 5.74) is 1.23. The van der Waals surface area contributed by atoms with Crippen LogP contribution in [0, 0.1) is 0 Å². The molecule has 0 unspecified atom stereocenters. The molecule has 2 N–H and O–H groups in total. The Morgan fingerprint density at radius 2 is 1.71 bits per heavy atom. The second-order valence-electron chi connectivity index (χ2n) is 5.19. The Hall–Kier alpha value is -2.69. The van der Waals surface area contributed by atoms with E-state index < -0.39 is 0 Å². The van der Waals surface area contributed by atoms with E-state index in [1.54, 1.807) is 14.2 Å². The number of ether oxygens (including phenoxy) is 2. The highest BCUT2D eigenvalue weighted by Crippen LogP contribution is 2.12. The van der Waals surface area contributed by atoms with Gasteiger partial charge < -0.3 is 20.1 Å². The van der Waals surface area contributed by atoms with Crippen molar-refractivity contribution in [1.29, 1.82) is 0 Å². The molecule has 0 spiro atoms. The second-order valence-corrected chi connectivity index (χ2v) is 5.19. The van der Waals surface area contributed by atoms with Crippen molar-refractivity contribution in [2.24, 2.45) is 4.99 Å². The van der Waals surface area contributed by atoms with Crippen LogP contribution >= 0.6 is 0 Å². The Morgan fingerprint density at radius 1 is 0.958 bits per heavy atom. The topological polar surface area (TPSA) is 54.9 Å². The molecule has 5 heteroatoms. The maximum absolute atomic E-state index is 5.64. The van der Waals surface area contributed by atoms with Crippen LogP contribution in [0.15, 0.2) is 59.6 Å². The van der Waals surface area contributed by atoms with Gasteiger partial charge in [0.25, 0.3) is 0 Å². The van der Waals surface area contributed by atoms with E-state index in [9.17, 15) is 0 Å². The summed E-state index contributed by atoms with van der Waals surface area (Å²) in [5, 5.41) is 6.53. The minimum Gasteiger partial charge on any atom is -0.497 e. The number of nitrogens with one attached hydrogen (secondary N) is 2. The minimum atomic E-state index is 0.584. The van der Waals surface area contributed by atoms with Gasteiger partial charge in [-0.05, 0) is 36.2 Å². The van der Waals surface area contributed by atoms with Gasteiger partial charge >= 0.3 is 0 Å². The first-order chi connectivity index (χ1) is 11.8. The summed E-state index contributed by atoms with van der Waals surface area (Å²) in [6, 6.07) is 17.9. The maximum Gasteiger partial charge on any atom is 0.191 e. The van der Waals surface area contributed by atoms with E-state index in [4.69, 9.17) is 9.47 Å². The van der Waals surface area contributed by atoms with Crippen LogP contribution in [0.5, 0.6) is 11.5 Å². The van der Waals surface area contributed by atoms with Gasteiger partial charge in [0.15, 0.2) is 5.96 Å². The van der Waals surface area contributed by atoms with E-state index in [1.807, 2.05) is 48.5 Å². The van der Waals surface area contributed by atoms with E-state index >= 15 is 0 Å². The number of methoxy groups -OCH3 is 1. The first-order valence-corrected chi connectivity index (χ1v) is 8.07. The average molecular weight is 327 g/mol. The van der Waals surface area contributed by atoms with Gasteiger partial charge in [0.05, 0.1) is 13.7 Å². The Morgan fingerprint density at radius 3 is 2.46 bits per heavy atom. The minimum absolute atomic E-state index is 0.584. The first kappa shape index (κ1) is 17.7. The molecule has 2 aromatic rings. The molecule has 0 saturated heterocycles. The largest absolute Gasteiger partial charge is 0.497 e. The fraction of sp³-hybridized carbons (Fsp3) is 0.316. The van der Waals surface area contributed by atoms with Crippen LogP contribution in [0.2, 0.25) is 0 Å². The van der Waals surface area contributed by atoms with Crippen LogP contribution in [-0.2, 0) is 6.42 Å². The zero-order chi connectivity index (χ0) is 17.0. The molecule has 24 heavy (non-hydrogen) atoms. The van der Waals surface area contributed by atoms with Gasteiger partial charge in [0.2, 0.25) is 0 Å². The number of rotatable bonds is 8. The number of aliphatic imine (C=N–C) groups is 1. The van der Waals surface area contributed by atoms with E-state index in [2.05, 4.69) is 21.7 Å². The van der Waals surface area contributed by atoms with Crippen molar-refractivity contribution < 1.29 is 9.47 Å². The number of guanidine groups is 1. The van der Waals surface area contributed by atoms with Gasteiger partial charge in [-0.15, -0.1) is 0 Å². The van der Waals surface area contributed by atoms with Crippen LogP contribution in [0.3, 0.4) is 0 Å². The second kappa shape index (κ2) is 10.2. The third kappa shape index (κ3) is 6.20. The molecule has 0 fully saturated rings. The van der Waals surface area contributed by atoms with Gasteiger partial charge in [-0.2, -0.15) is 0 Å². The summed E-state index contributed by atoms with van der Waals surface area (Å²) in [6.07, 6.45) is 0.901. The summed E-state index contributed by atoms with van der Waals surface area (Å²) in [5.74, 6) is 2.53. The Kier molecular flexibility index (Phi) is 7.47. The highest BCUT2D eigenvalue weighted by molar-refractivity contribution is 5.79. The van der Waals surface area contributed by atoms with Crippen molar-refractivity contribution in [1.82, 2.24) is 10.6 Å². The van der Waals surface area contributed by atoms with E-state index in [-0.39, 0.29) is 0 Å². The van der Waals surface area contributed by atoms with Crippen LogP contribution in [0.1, 0.15) is 5.56 Å². The predicted molar refractivity (Wildman–Crippen MR) is 98.0 cm³/mol. The monoisotopic (exact) mass is 327 g/mol. The van der Waals surface area contributed by atoms with Crippen LogP contribution in [-0.4, -0.2) is 39.8 Å². The van der Waals surface area contributed by atoms with E-state index in [0.717, 1.165) is 30.4 Å². The van der Waals surface area contributed by atoms with E-state index in [0.29, 0.717) is 13.2 Å². The molecule has 0 heterocycles. The number of hydrogen-bond donors (Lipinski definition) is 2. The quantitative estimate of drug-likeness (QED) is 0.444. The molecule has 0 aliphatic rings. The summed E-state index contributed by atoms with van der Waals surface area (Å²) in [7, 11) is 3.44. The van der Waals surface area contributed by atoms with Crippen molar-refractivity contribution in [3.05, 3.63) is 60.2 Å². The maximum atomic E-state index is 5.64. The molecule has 0 saturated carbocycles. The smallest absolute Gasteiger partial charge is 0.191 e. The molecule has 0 aliphatic carbocycles. The van der Waals surface area contributed by atoms with Crippen molar-refractivity contribution in [2.45, 2.75) is 6.42 Å². The van der Waals surface area contributed by atoms with Crippen molar-refractivity contribution in [2.75, 3.05) is 33.9 Å². The lowest BCUT2D eigenvalue weighted by Crippen LogP contribution is -2.40. The molecular formula is C19H25N3O2. The molecule has 0 bridgehead atoms. The zero-order valence-corrected chi connectivity index (χ0v) is 14.3. The Balaban J connectivity index is 1.65. The number of para-hydroxylation sites is 1. The van der Waals surface area contributed by atoms with E-state index in [1.165, 1.54) is 5.56 Å². The molecule has 0 aliphatic heterocycles. The summed E-state index contributed by atoms with van der Waals surface area (Å²) >= 11 is 0. The molecule has 5 nitrogen and oxygen atoms in total. The number of hydrogen-bond acceptors (Lipinski definition) is 3. The van der Waals surface area contributed by atoms with Gasteiger partial charge in [-0.3, -0.25) is 4.99 Å². The fourth-order valence-electron chi connectivity index (χ4n) is 2.23. The van der Waals surface area contributed by atoms with Crippen LogP contribution in [0.25, 0.3) is 0 Å². The van der Waals surface area contributed by atoms with Crippen LogP contribution in [0.4, 0.5) is 0 Å².